The van der Waals surface area contributed by atoms with Crippen LogP contribution < -0.4 is 21.3 Å². The number of nitrogens with one attached hydrogen (secondary N) is 4. The molecule has 304 valence electrons. The van der Waals surface area contributed by atoms with E-state index in [0.717, 1.165) is 25.7 Å². The van der Waals surface area contributed by atoms with Gasteiger partial charge < -0.3 is 41.3 Å². The Kier molecular flexibility index (Phi) is 16.5. The molecule has 6 N–H and O–H groups in total. The Labute approximate surface area is 323 Å². The van der Waals surface area contributed by atoms with Crippen molar-refractivity contribution in [1.82, 2.24) is 31.1 Å². The Morgan fingerprint density at radius 1 is 0.745 bits per heavy atom. The molecule has 15 nitrogen and oxygen atoms in total. The van der Waals surface area contributed by atoms with Gasteiger partial charge in [0.05, 0.1) is 12.5 Å². The minimum atomic E-state index is -1.55. The third-order valence-corrected chi connectivity index (χ3v) is 11.2. The van der Waals surface area contributed by atoms with E-state index in [2.05, 4.69) is 28.2 Å². The van der Waals surface area contributed by atoms with Crippen LogP contribution in [0, 0.1) is 11.8 Å². The molecular formula is C40H60N6O9. The van der Waals surface area contributed by atoms with Crippen molar-refractivity contribution < 1.29 is 43.8 Å². The quantitative estimate of drug-likeness (QED) is 0.137. The van der Waals surface area contributed by atoms with Gasteiger partial charge in [-0.25, -0.2) is 0 Å². The van der Waals surface area contributed by atoms with E-state index in [1.165, 1.54) is 23.1 Å². The first kappa shape index (κ1) is 43.2. The smallest absolute Gasteiger partial charge is 0.305 e. The van der Waals surface area contributed by atoms with Gasteiger partial charge in [0.2, 0.25) is 35.4 Å². The van der Waals surface area contributed by atoms with Crippen LogP contribution in [0.25, 0.3) is 0 Å². The molecule has 4 rings (SSSR count). The molecule has 55 heavy (non-hydrogen) atoms. The third-order valence-electron chi connectivity index (χ3n) is 11.2. The fraction of sp³-hybridized carbons (Fsp3) is 0.675. The molecule has 2 aliphatic heterocycles. The lowest BCUT2D eigenvalue weighted by Gasteiger charge is -2.38. The van der Waals surface area contributed by atoms with Gasteiger partial charge in [0.25, 0.3) is 0 Å². The normalized spacial score (nSPS) is 21.7. The fourth-order valence-electron chi connectivity index (χ4n) is 8.11. The van der Waals surface area contributed by atoms with Crippen LogP contribution >= 0.6 is 0 Å². The highest BCUT2D eigenvalue weighted by atomic mass is 16.4. The number of carbonyl (C=O) groups excluding carboxylic acids is 6. The maximum atomic E-state index is 14.4. The van der Waals surface area contributed by atoms with Crippen LogP contribution in [-0.2, 0) is 33.6 Å². The molecule has 3 fully saturated rings. The number of carboxylic acids is 1. The summed E-state index contributed by atoms with van der Waals surface area (Å²) < 4.78 is 0. The number of hydrogen-bond acceptors (Lipinski definition) is 8. The molecule has 0 spiro atoms. The van der Waals surface area contributed by atoms with Crippen molar-refractivity contribution in [2.24, 2.45) is 11.8 Å². The molecule has 6 amide bonds. The summed E-state index contributed by atoms with van der Waals surface area (Å²) in [5.41, 5.74) is 0.564. The molecule has 1 aromatic carbocycles. The molecule has 15 heteroatoms. The second kappa shape index (κ2) is 21.0. The minimum Gasteiger partial charge on any atom is -0.481 e. The number of aliphatic carboxylic acids is 1. The molecule has 7 atom stereocenters. The Hall–Kier alpha value is -4.53. The second-order valence-corrected chi connectivity index (χ2v) is 15.4. The zero-order valence-corrected chi connectivity index (χ0v) is 32.5. The van der Waals surface area contributed by atoms with Crippen LogP contribution in [0.2, 0.25) is 0 Å². The van der Waals surface area contributed by atoms with Crippen molar-refractivity contribution >= 4 is 41.4 Å². The zero-order chi connectivity index (χ0) is 40.1. The number of nitrogens with zero attached hydrogens (tertiary/aromatic N) is 2. The molecule has 2 saturated heterocycles. The lowest BCUT2D eigenvalue weighted by Crippen LogP contribution is -2.60. The van der Waals surface area contributed by atoms with Crippen LogP contribution in [0.4, 0.5) is 0 Å². The molecule has 1 aliphatic carbocycles. The Balaban J connectivity index is 1.49. The van der Waals surface area contributed by atoms with E-state index in [9.17, 15) is 43.8 Å². The number of piperidine rings is 1. The predicted octanol–water partition coefficient (Wildman–Crippen LogP) is 2.17. The zero-order valence-electron chi connectivity index (χ0n) is 32.5. The van der Waals surface area contributed by atoms with Gasteiger partial charge in [-0.3, -0.25) is 33.6 Å². The molecule has 1 aromatic rings. The Morgan fingerprint density at radius 3 is 1.98 bits per heavy atom. The maximum Gasteiger partial charge on any atom is 0.305 e. The van der Waals surface area contributed by atoms with Crippen molar-refractivity contribution in [3.63, 3.8) is 0 Å². The monoisotopic (exact) mass is 768 g/mol. The Bertz CT molecular complexity index is 1500. The molecule has 0 aromatic heterocycles. The average molecular weight is 769 g/mol. The highest BCUT2D eigenvalue weighted by Crippen LogP contribution is 2.32. The van der Waals surface area contributed by atoms with E-state index in [1.54, 1.807) is 30.3 Å². The predicted molar refractivity (Wildman–Crippen MR) is 203 cm³/mol. The van der Waals surface area contributed by atoms with E-state index in [4.69, 9.17) is 0 Å². The first-order valence-corrected chi connectivity index (χ1v) is 20.1. The first-order valence-electron chi connectivity index (χ1n) is 20.1. The summed E-state index contributed by atoms with van der Waals surface area (Å²) >= 11 is 0. The number of aliphatic hydroxyl groups excluding tert-OH is 1. The lowest BCUT2D eigenvalue weighted by atomic mass is 9.79. The van der Waals surface area contributed by atoms with Crippen molar-refractivity contribution in [1.29, 1.82) is 0 Å². The summed E-state index contributed by atoms with van der Waals surface area (Å²) in [6.07, 6.45) is 6.69. The third kappa shape index (κ3) is 12.0. The van der Waals surface area contributed by atoms with Gasteiger partial charge in [-0.15, -0.1) is 0 Å². The van der Waals surface area contributed by atoms with Crippen LogP contribution in [0.1, 0.15) is 116 Å². The summed E-state index contributed by atoms with van der Waals surface area (Å²) in [6, 6.07) is 2.85. The summed E-state index contributed by atoms with van der Waals surface area (Å²) in [6.45, 7) is 5.96. The molecule has 2 heterocycles. The minimum absolute atomic E-state index is 0.107. The van der Waals surface area contributed by atoms with Crippen LogP contribution in [0.15, 0.2) is 30.3 Å². The van der Waals surface area contributed by atoms with Gasteiger partial charge in [-0.1, -0.05) is 76.3 Å². The van der Waals surface area contributed by atoms with Gasteiger partial charge in [-0.2, -0.15) is 0 Å². The summed E-state index contributed by atoms with van der Waals surface area (Å²) in [7, 11) is 0. The number of benzene rings is 1. The van der Waals surface area contributed by atoms with Gasteiger partial charge >= 0.3 is 5.97 Å². The number of hydrogen-bond donors (Lipinski definition) is 6. The number of amides is 6. The highest BCUT2D eigenvalue weighted by molar-refractivity contribution is 5.98. The van der Waals surface area contributed by atoms with Crippen molar-refractivity contribution in [2.45, 2.75) is 141 Å². The summed E-state index contributed by atoms with van der Waals surface area (Å²) in [4.78, 5) is 96.5. The van der Waals surface area contributed by atoms with Crippen LogP contribution in [0.5, 0.6) is 0 Å². The SMILES string of the molecule is CCCNC(=O)[C@@H](NC(=O)[C@@H]1CCCN1C(=O)[C@H](CC(=O)O)NC(=O)[C@@H]1CCCCN1C(=O)[C@@H](NC(=O)C[C@H](C)C1CCCCC1)c1ccccc1)C(C)O. The highest BCUT2D eigenvalue weighted by Gasteiger charge is 2.42. The number of likely N-dealkylation sites (tertiary alicyclic amines) is 2. The van der Waals surface area contributed by atoms with Crippen LogP contribution in [0.3, 0.4) is 0 Å². The number of carbonyl (C=O) groups is 7. The molecule has 1 unspecified atom stereocenters. The van der Waals surface area contributed by atoms with Crippen LogP contribution in [-0.4, -0.2) is 111 Å². The fourth-order valence-corrected chi connectivity index (χ4v) is 8.11. The van der Waals surface area contributed by atoms with E-state index in [-0.39, 0.29) is 44.2 Å². The van der Waals surface area contributed by atoms with Crippen molar-refractivity contribution in [3.8, 4) is 0 Å². The largest absolute Gasteiger partial charge is 0.481 e. The van der Waals surface area contributed by atoms with E-state index >= 15 is 0 Å². The van der Waals surface area contributed by atoms with Gasteiger partial charge in [-0.05, 0) is 62.8 Å². The lowest BCUT2D eigenvalue weighted by molar-refractivity contribution is -0.149. The molecule has 0 radical (unpaired) electrons. The van der Waals surface area contributed by atoms with Crippen molar-refractivity contribution in [3.05, 3.63) is 35.9 Å². The number of rotatable bonds is 17. The number of aliphatic hydroxyl groups is 1. The summed E-state index contributed by atoms with van der Waals surface area (Å²) in [5.74, 6) is -4.24. The number of carboxylic acid groups (broad SMARTS) is 1. The average Bonchev–Trinajstić information content (AvgIpc) is 3.68. The van der Waals surface area contributed by atoms with Gasteiger partial charge in [0.1, 0.15) is 30.2 Å². The van der Waals surface area contributed by atoms with Gasteiger partial charge in [0, 0.05) is 26.1 Å². The molecule has 1 saturated carbocycles. The van der Waals surface area contributed by atoms with E-state index in [0.29, 0.717) is 43.7 Å². The van der Waals surface area contributed by atoms with Gasteiger partial charge in [0.15, 0.2) is 0 Å². The van der Waals surface area contributed by atoms with Crippen molar-refractivity contribution in [2.75, 3.05) is 19.6 Å². The molecular weight excluding hydrogens is 708 g/mol. The summed E-state index contributed by atoms with van der Waals surface area (Å²) in [5, 5.41) is 30.7. The maximum absolute atomic E-state index is 14.4. The second-order valence-electron chi connectivity index (χ2n) is 15.4. The topological polar surface area (TPSA) is 215 Å². The first-order chi connectivity index (χ1) is 26.3. The Morgan fingerprint density at radius 2 is 1.35 bits per heavy atom. The van der Waals surface area contributed by atoms with E-state index < -0.39 is 78.2 Å². The molecule has 3 aliphatic rings. The van der Waals surface area contributed by atoms with E-state index in [1.807, 2.05) is 6.92 Å². The molecule has 0 bridgehead atoms. The standard InChI is InChI=1S/C40H60N6O9/c1-4-20-41-38(53)34(26(3)47)44-37(52)31-19-13-22-45(31)39(54)29(24-33(49)50)42-36(51)30-18-11-12-21-46(30)40(55)35(28-16-9-6-10-17-28)43-32(48)23-25(2)27-14-7-5-8-15-27/h6,9-10,16-17,25-27,29-31,34-35,47H,4-5,7-8,11-15,18-24H2,1-3H3,(H,41,53)(H,42,51)(H,43,48)(H,44,52)(H,49,50)/t25-,26?,29-,30-,31-,34-,35-/m0/s1.